The zero-order valence-electron chi connectivity index (χ0n) is 15.0. The lowest BCUT2D eigenvalue weighted by atomic mass is 10.1. The van der Waals surface area contributed by atoms with Crippen molar-refractivity contribution in [3.63, 3.8) is 0 Å². The van der Waals surface area contributed by atoms with Crippen molar-refractivity contribution < 1.29 is 18.8 Å². The molecular formula is C20H23N2O4+. The summed E-state index contributed by atoms with van der Waals surface area (Å²) >= 11 is 0. The van der Waals surface area contributed by atoms with Crippen LogP contribution in [0.3, 0.4) is 0 Å². The van der Waals surface area contributed by atoms with Crippen LogP contribution < -0.4 is 20.6 Å². The van der Waals surface area contributed by atoms with Crippen molar-refractivity contribution in [2.45, 2.75) is 6.42 Å². The topological polar surface area (TPSA) is 73.0 Å². The molecule has 0 unspecified atom stereocenters. The number of rotatable bonds is 7. The lowest BCUT2D eigenvalue weighted by Crippen LogP contribution is -3.05. The summed E-state index contributed by atoms with van der Waals surface area (Å²) in [6.07, 6.45) is 0.919. The first-order valence-electron chi connectivity index (χ1n) is 8.69. The van der Waals surface area contributed by atoms with E-state index in [1.165, 1.54) is 4.90 Å². The Morgan fingerprint density at radius 2 is 1.88 bits per heavy atom. The van der Waals surface area contributed by atoms with Gasteiger partial charge in [0.15, 0.2) is 6.61 Å². The Morgan fingerprint density at radius 3 is 2.65 bits per heavy atom. The third-order valence-corrected chi connectivity index (χ3v) is 4.14. The molecule has 1 aromatic heterocycles. The molecule has 0 fully saturated rings. The van der Waals surface area contributed by atoms with Crippen molar-refractivity contribution in [2.75, 3.05) is 33.8 Å². The smallest absolute Gasteiger partial charge is 0.344 e. The molecule has 0 radical (unpaired) electrons. The molecule has 1 heterocycles. The zero-order valence-corrected chi connectivity index (χ0v) is 15.0. The quantitative estimate of drug-likeness (QED) is 0.376. The van der Waals surface area contributed by atoms with Gasteiger partial charge in [0.05, 0.1) is 26.0 Å². The third-order valence-electron chi connectivity index (χ3n) is 4.14. The number of carbonyl (C=O) groups is 1. The fourth-order valence-corrected chi connectivity index (χ4v) is 2.82. The van der Waals surface area contributed by atoms with Crippen LogP contribution in [0.4, 0.5) is 0 Å². The van der Waals surface area contributed by atoms with E-state index in [4.69, 9.17) is 9.15 Å². The maximum Gasteiger partial charge on any atom is 0.344 e. The molecule has 3 aromatic rings. The number of quaternary nitrogens is 1. The Morgan fingerprint density at radius 1 is 1.12 bits per heavy atom. The monoisotopic (exact) mass is 355 g/mol. The SMILES string of the molecule is C[NH+](C)CCCNC(=O)COc1ccc2c(c1)oc(=O)c1ccccc12. The number of amides is 1. The first-order valence-corrected chi connectivity index (χ1v) is 8.69. The fraction of sp³-hybridized carbons (Fsp3) is 0.300. The fourth-order valence-electron chi connectivity index (χ4n) is 2.82. The van der Waals surface area contributed by atoms with E-state index in [1.807, 2.05) is 18.2 Å². The van der Waals surface area contributed by atoms with Crippen LogP contribution in [0.5, 0.6) is 5.75 Å². The molecule has 1 amide bonds. The number of hydrogen-bond donors (Lipinski definition) is 2. The highest BCUT2D eigenvalue weighted by molar-refractivity contribution is 6.04. The van der Waals surface area contributed by atoms with Crippen LogP contribution in [0, 0.1) is 0 Å². The van der Waals surface area contributed by atoms with Crippen molar-refractivity contribution in [1.82, 2.24) is 5.32 Å². The lowest BCUT2D eigenvalue weighted by molar-refractivity contribution is -0.858. The van der Waals surface area contributed by atoms with Gasteiger partial charge in [0.25, 0.3) is 5.91 Å². The minimum absolute atomic E-state index is 0.0713. The summed E-state index contributed by atoms with van der Waals surface area (Å²) in [4.78, 5) is 25.3. The van der Waals surface area contributed by atoms with E-state index in [0.717, 1.165) is 23.7 Å². The number of fused-ring (bicyclic) bond motifs is 3. The van der Waals surface area contributed by atoms with Gasteiger partial charge in [-0.1, -0.05) is 18.2 Å². The number of nitrogens with one attached hydrogen (secondary N) is 2. The molecule has 0 saturated carbocycles. The lowest BCUT2D eigenvalue weighted by Gasteiger charge is -2.10. The Bertz CT molecular complexity index is 978. The first kappa shape index (κ1) is 17.9. The minimum Gasteiger partial charge on any atom is -0.484 e. The highest BCUT2D eigenvalue weighted by Gasteiger charge is 2.09. The molecule has 6 nitrogen and oxygen atoms in total. The van der Waals surface area contributed by atoms with E-state index in [2.05, 4.69) is 19.4 Å². The van der Waals surface area contributed by atoms with E-state index in [-0.39, 0.29) is 18.1 Å². The summed E-state index contributed by atoms with van der Waals surface area (Å²) in [5.74, 6) is 0.322. The van der Waals surface area contributed by atoms with E-state index < -0.39 is 0 Å². The van der Waals surface area contributed by atoms with E-state index in [0.29, 0.717) is 23.3 Å². The Balaban J connectivity index is 1.67. The summed E-state index contributed by atoms with van der Waals surface area (Å²) in [5, 5.41) is 5.05. The van der Waals surface area contributed by atoms with E-state index in [9.17, 15) is 9.59 Å². The van der Waals surface area contributed by atoms with Gasteiger partial charge >= 0.3 is 5.63 Å². The predicted molar refractivity (Wildman–Crippen MR) is 101 cm³/mol. The van der Waals surface area contributed by atoms with Gasteiger partial charge in [0.1, 0.15) is 11.3 Å². The molecule has 2 N–H and O–H groups in total. The molecule has 0 saturated heterocycles. The van der Waals surface area contributed by atoms with Crippen LogP contribution in [0.25, 0.3) is 21.7 Å². The molecule has 0 aliphatic rings. The predicted octanol–water partition coefficient (Wildman–Crippen LogP) is 0.976. The van der Waals surface area contributed by atoms with Gasteiger partial charge in [-0.3, -0.25) is 4.79 Å². The summed E-state index contributed by atoms with van der Waals surface area (Å²) < 4.78 is 10.9. The van der Waals surface area contributed by atoms with Gasteiger partial charge < -0.3 is 19.4 Å². The van der Waals surface area contributed by atoms with Gasteiger partial charge in [0.2, 0.25) is 0 Å². The number of hydrogen-bond acceptors (Lipinski definition) is 4. The molecule has 0 atom stereocenters. The van der Waals surface area contributed by atoms with Crippen molar-refractivity contribution in [2.24, 2.45) is 0 Å². The zero-order chi connectivity index (χ0) is 18.5. The molecule has 136 valence electrons. The Kier molecular flexibility index (Phi) is 5.53. The molecule has 0 aliphatic carbocycles. The molecule has 0 bridgehead atoms. The van der Waals surface area contributed by atoms with Crippen molar-refractivity contribution in [3.8, 4) is 5.75 Å². The molecule has 26 heavy (non-hydrogen) atoms. The van der Waals surface area contributed by atoms with Crippen LogP contribution in [0.15, 0.2) is 51.7 Å². The molecular weight excluding hydrogens is 332 g/mol. The second-order valence-electron chi connectivity index (χ2n) is 6.54. The molecule has 2 aromatic carbocycles. The van der Waals surface area contributed by atoms with Crippen molar-refractivity contribution in [1.29, 1.82) is 0 Å². The largest absolute Gasteiger partial charge is 0.484 e. The van der Waals surface area contributed by atoms with Crippen LogP contribution in [-0.4, -0.2) is 39.7 Å². The second kappa shape index (κ2) is 8.01. The van der Waals surface area contributed by atoms with Gasteiger partial charge in [0, 0.05) is 24.4 Å². The van der Waals surface area contributed by atoms with Crippen LogP contribution >= 0.6 is 0 Å². The second-order valence-corrected chi connectivity index (χ2v) is 6.54. The molecule has 6 heteroatoms. The average Bonchev–Trinajstić information content (AvgIpc) is 2.63. The average molecular weight is 355 g/mol. The number of carbonyl (C=O) groups excluding carboxylic acids is 1. The Hall–Kier alpha value is -2.86. The molecule has 0 aliphatic heterocycles. The molecule has 0 spiro atoms. The van der Waals surface area contributed by atoms with Crippen LogP contribution in [0.2, 0.25) is 0 Å². The normalized spacial score (nSPS) is 11.2. The number of benzene rings is 2. The maximum atomic E-state index is 12.1. The highest BCUT2D eigenvalue weighted by Crippen LogP contribution is 2.26. The van der Waals surface area contributed by atoms with Crippen LogP contribution in [0.1, 0.15) is 6.42 Å². The first-order chi connectivity index (χ1) is 12.5. The van der Waals surface area contributed by atoms with Gasteiger partial charge in [-0.15, -0.1) is 0 Å². The highest BCUT2D eigenvalue weighted by atomic mass is 16.5. The van der Waals surface area contributed by atoms with Crippen molar-refractivity contribution >= 4 is 27.6 Å². The standard InChI is InChI=1S/C20H22N2O4/c1-22(2)11-5-10-21-19(23)13-25-14-8-9-16-15-6-3-4-7-17(15)20(24)26-18(16)12-14/h3-4,6-9,12H,5,10-11,13H2,1-2H3,(H,21,23)/p+1. The van der Waals surface area contributed by atoms with Crippen molar-refractivity contribution in [3.05, 3.63) is 52.9 Å². The molecule has 3 rings (SSSR count). The van der Waals surface area contributed by atoms with Gasteiger partial charge in [-0.05, 0) is 23.6 Å². The van der Waals surface area contributed by atoms with E-state index >= 15 is 0 Å². The summed E-state index contributed by atoms with van der Waals surface area (Å²) in [6.45, 7) is 1.56. The Labute approximate surface area is 151 Å². The summed E-state index contributed by atoms with van der Waals surface area (Å²) in [7, 11) is 4.15. The van der Waals surface area contributed by atoms with Gasteiger partial charge in [-0.25, -0.2) is 4.79 Å². The minimum atomic E-state index is -0.383. The summed E-state index contributed by atoms with van der Waals surface area (Å²) in [5.41, 5.74) is 0.0616. The van der Waals surface area contributed by atoms with Crippen LogP contribution in [-0.2, 0) is 4.79 Å². The van der Waals surface area contributed by atoms with E-state index in [1.54, 1.807) is 24.3 Å². The maximum absolute atomic E-state index is 12.1. The summed E-state index contributed by atoms with van der Waals surface area (Å²) in [6, 6.07) is 12.6. The third kappa shape index (κ3) is 4.21. The van der Waals surface area contributed by atoms with Gasteiger partial charge in [-0.2, -0.15) is 0 Å². The number of ether oxygens (including phenoxy) is 1.